The predicted octanol–water partition coefficient (Wildman–Crippen LogP) is 4.58. The number of esters is 1. The third-order valence-electron chi connectivity index (χ3n) is 3.59. The molecule has 0 aliphatic carbocycles. The Bertz CT molecular complexity index is 1000. The van der Waals surface area contributed by atoms with Crippen LogP contribution in [0.2, 0.25) is 5.02 Å². The predicted molar refractivity (Wildman–Crippen MR) is 94.0 cm³/mol. The van der Waals surface area contributed by atoms with Crippen LogP contribution < -0.4 is 4.74 Å². The average molecular weight is 391 g/mol. The number of nitro benzene ring substituents is 1. The molecule has 1 heterocycles. The second-order valence-electron chi connectivity index (χ2n) is 5.44. The molecule has 0 amide bonds. The molecule has 3 aromatic rings. The Labute approximate surface area is 157 Å². The van der Waals surface area contributed by atoms with Gasteiger partial charge >= 0.3 is 5.97 Å². The van der Waals surface area contributed by atoms with Crippen LogP contribution in [-0.4, -0.2) is 15.9 Å². The Hall–Kier alpha value is -3.26. The number of non-ortho nitro benzene ring substituents is 1. The smallest absolute Gasteiger partial charge is 0.311 e. The maximum Gasteiger partial charge on any atom is 0.311 e. The Kier molecular flexibility index (Phi) is 5.46. The van der Waals surface area contributed by atoms with Gasteiger partial charge in [0.2, 0.25) is 0 Å². The van der Waals surface area contributed by atoms with Crippen LogP contribution in [0.25, 0.3) is 11.3 Å². The van der Waals surface area contributed by atoms with Crippen LogP contribution in [0.4, 0.5) is 10.1 Å². The van der Waals surface area contributed by atoms with Crippen molar-refractivity contribution in [2.45, 2.75) is 12.8 Å². The Morgan fingerprint density at radius 2 is 2.07 bits per heavy atom. The van der Waals surface area contributed by atoms with Gasteiger partial charge in [-0.15, -0.1) is 0 Å². The molecule has 7 nitrogen and oxygen atoms in total. The zero-order valence-corrected chi connectivity index (χ0v) is 14.5. The zero-order chi connectivity index (χ0) is 19.4. The Morgan fingerprint density at radius 3 is 2.78 bits per heavy atom. The fourth-order valence-corrected chi connectivity index (χ4v) is 2.49. The van der Waals surface area contributed by atoms with Crippen molar-refractivity contribution in [1.82, 2.24) is 4.98 Å². The molecule has 27 heavy (non-hydrogen) atoms. The molecule has 0 aliphatic heterocycles. The number of aromatic nitrogens is 1. The van der Waals surface area contributed by atoms with Gasteiger partial charge in [0.15, 0.2) is 11.7 Å². The summed E-state index contributed by atoms with van der Waals surface area (Å²) in [4.78, 5) is 26.0. The van der Waals surface area contributed by atoms with Gasteiger partial charge in [-0.2, -0.15) is 0 Å². The molecule has 0 atom stereocenters. The summed E-state index contributed by atoms with van der Waals surface area (Å²) in [7, 11) is 0. The molecule has 9 heteroatoms. The summed E-state index contributed by atoms with van der Waals surface area (Å²) in [5.41, 5.74) is 0.0664. The van der Waals surface area contributed by atoms with Gasteiger partial charge in [-0.3, -0.25) is 14.9 Å². The first-order valence-corrected chi connectivity index (χ1v) is 8.16. The molecule has 0 bridgehead atoms. The highest BCUT2D eigenvalue weighted by Gasteiger charge is 2.15. The fraction of sp³-hybridized carbons (Fsp3) is 0.111. The number of oxazole rings is 1. The van der Waals surface area contributed by atoms with Gasteiger partial charge in [0.1, 0.15) is 11.6 Å². The van der Waals surface area contributed by atoms with E-state index in [0.29, 0.717) is 0 Å². The quantitative estimate of drug-likeness (QED) is 0.264. The van der Waals surface area contributed by atoms with Gasteiger partial charge in [-0.25, -0.2) is 9.37 Å². The lowest BCUT2D eigenvalue weighted by Crippen LogP contribution is -2.09. The summed E-state index contributed by atoms with van der Waals surface area (Å²) < 4.78 is 24.3. The van der Waals surface area contributed by atoms with E-state index >= 15 is 0 Å². The van der Waals surface area contributed by atoms with Crippen molar-refractivity contribution in [3.8, 4) is 17.1 Å². The lowest BCUT2D eigenvalue weighted by molar-refractivity contribution is -0.384. The SMILES string of the molecule is O=C(CCc1ncc(-c2ccccc2F)o1)Oc1ccc([N+](=O)[O-])cc1Cl. The summed E-state index contributed by atoms with van der Waals surface area (Å²) in [6, 6.07) is 9.64. The molecule has 1 aromatic heterocycles. The molecule has 0 spiro atoms. The third-order valence-corrected chi connectivity index (χ3v) is 3.88. The number of nitro groups is 1. The first kappa shape index (κ1) is 18.5. The van der Waals surface area contributed by atoms with Gasteiger partial charge in [0.25, 0.3) is 5.69 Å². The van der Waals surface area contributed by atoms with E-state index in [0.717, 1.165) is 6.07 Å². The molecule has 0 aliphatic rings. The highest BCUT2D eigenvalue weighted by Crippen LogP contribution is 2.29. The summed E-state index contributed by atoms with van der Waals surface area (Å²) >= 11 is 5.87. The van der Waals surface area contributed by atoms with Crippen molar-refractivity contribution in [3.63, 3.8) is 0 Å². The van der Waals surface area contributed by atoms with Crippen molar-refractivity contribution in [1.29, 1.82) is 0 Å². The van der Waals surface area contributed by atoms with Crippen LogP contribution in [-0.2, 0) is 11.2 Å². The van der Waals surface area contributed by atoms with Crippen molar-refractivity contribution in [3.05, 3.63) is 75.5 Å². The fourth-order valence-electron chi connectivity index (χ4n) is 2.28. The van der Waals surface area contributed by atoms with Crippen molar-refractivity contribution >= 4 is 23.3 Å². The maximum atomic E-state index is 13.7. The number of carbonyl (C=O) groups excluding carboxylic acids is 1. The highest BCUT2D eigenvalue weighted by atomic mass is 35.5. The molecule has 0 unspecified atom stereocenters. The minimum absolute atomic E-state index is 0.0201. The van der Waals surface area contributed by atoms with E-state index in [4.69, 9.17) is 20.8 Å². The van der Waals surface area contributed by atoms with Crippen molar-refractivity contribution < 1.29 is 23.3 Å². The third kappa shape index (κ3) is 4.48. The minimum Gasteiger partial charge on any atom is -0.441 e. The Balaban J connectivity index is 1.60. The van der Waals surface area contributed by atoms with E-state index < -0.39 is 16.7 Å². The lowest BCUT2D eigenvalue weighted by Gasteiger charge is -2.05. The van der Waals surface area contributed by atoms with Crippen LogP contribution in [0.3, 0.4) is 0 Å². The average Bonchev–Trinajstić information content (AvgIpc) is 3.10. The summed E-state index contributed by atoms with van der Waals surface area (Å²) in [6.45, 7) is 0. The van der Waals surface area contributed by atoms with E-state index in [2.05, 4.69) is 4.98 Å². The standard InChI is InChI=1S/C18H12ClFN2O5/c19-13-9-11(22(24)25)5-6-15(13)27-18(23)8-7-17-21-10-16(26-17)12-3-1-2-4-14(12)20/h1-6,9-10H,7-8H2. The van der Waals surface area contributed by atoms with Gasteiger partial charge in [0.05, 0.1) is 28.1 Å². The molecule has 0 saturated heterocycles. The number of carbonyl (C=O) groups is 1. The molecule has 0 N–H and O–H groups in total. The van der Waals surface area contributed by atoms with Crippen molar-refractivity contribution in [2.75, 3.05) is 0 Å². The molecule has 0 radical (unpaired) electrons. The second-order valence-corrected chi connectivity index (χ2v) is 5.85. The number of halogens is 2. The first-order chi connectivity index (χ1) is 12.9. The van der Waals surface area contributed by atoms with Gasteiger partial charge < -0.3 is 9.15 Å². The number of hydrogen-bond acceptors (Lipinski definition) is 6. The molecule has 2 aromatic carbocycles. The zero-order valence-electron chi connectivity index (χ0n) is 13.7. The monoisotopic (exact) mass is 390 g/mol. The minimum atomic E-state index is -0.614. The number of benzene rings is 2. The van der Waals surface area contributed by atoms with E-state index in [-0.39, 0.29) is 46.5 Å². The van der Waals surface area contributed by atoms with Gasteiger partial charge in [-0.1, -0.05) is 23.7 Å². The maximum absolute atomic E-state index is 13.7. The van der Waals surface area contributed by atoms with Crippen LogP contribution in [0.1, 0.15) is 12.3 Å². The van der Waals surface area contributed by atoms with Crippen LogP contribution in [0, 0.1) is 15.9 Å². The van der Waals surface area contributed by atoms with Crippen molar-refractivity contribution in [2.24, 2.45) is 0 Å². The number of nitrogens with zero attached hydrogens (tertiary/aromatic N) is 2. The van der Waals surface area contributed by atoms with Crippen LogP contribution >= 0.6 is 11.6 Å². The van der Waals surface area contributed by atoms with Gasteiger partial charge in [0, 0.05) is 18.6 Å². The van der Waals surface area contributed by atoms with E-state index in [1.165, 1.54) is 24.4 Å². The normalized spacial score (nSPS) is 10.6. The first-order valence-electron chi connectivity index (χ1n) is 7.78. The molecule has 0 fully saturated rings. The van der Waals surface area contributed by atoms with Crippen LogP contribution in [0.5, 0.6) is 5.75 Å². The molecule has 138 valence electrons. The van der Waals surface area contributed by atoms with E-state index in [1.54, 1.807) is 18.2 Å². The topological polar surface area (TPSA) is 95.5 Å². The highest BCUT2D eigenvalue weighted by molar-refractivity contribution is 6.32. The number of rotatable bonds is 6. The molecule has 3 rings (SSSR count). The summed E-state index contributed by atoms with van der Waals surface area (Å²) in [6.07, 6.45) is 1.45. The molecular formula is C18H12ClFN2O5. The van der Waals surface area contributed by atoms with Crippen LogP contribution in [0.15, 0.2) is 53.1 Å². The summed E-state index contributed by atoms with van der Waals surface area (Å²) in [5, 5.41) is 10.6. The number of ether oxygens (including phenoxy) is 1. The van der Waals surface area contributed by atoms with E-state index in [9.17, 15) is 19.3 Å². The number of hydrogen-bond donors (Lipinski definition) is 0. The largest absolute Gasteiger partial charge is 0.441 e. The molecule has 0 saturated carbocycles. The number of aryl methyl sites for hydroxylation is 1. The van der Waals surface area contributed by atoms with Gasteiger partial charge in [-0.05, 0) is 18.2 Å². The molecular weight excluding hydrogens is 379 g/mol. The summed E-state index contributed by atoms with van der Waals surface area (Å²) in [5.74, 6) is -0.523. The Morgan fingerprint density at radius 1 is 1.30 bits per heavy atom. The second kappa shape index (κ2) is 7.96. The lowest BCUT2D eigenvalue weighted by atomic mass is 10.2. The van der Waals surface area contributed by atoms with E-state index in [1.807, 2.05) is 0 Å².